The quantitative estimate of drug-likeness (QED) is 0.810. The van der Waals surface area contributed by atoms with Gasteiger partial charge in [0.1, 0.15) is 0 Å². The molecule has 1 saturated heterocycles. The summed E-state index contributed by atoms with van der Waals surface area (Å²) in [6, 6.07) is 9.87. The first kappa shape index (κ1) is 17.8. The van der Waals surface area contributed by atoms with E-state index in [1.54, 1.807) is 35.7 Å². The smallest absolute Gasteiger partial charge is 0.340 e. The van der Waals surface area contributed by atoms with Crippen LogP contribution in [0.25, 0.3) is 0 Å². The van der Waals surface area contributed by atoms with Crippen LogP contribution in [0.4, 0.5) is 5.69 Å². The van der Waals surface area contributed by atoms with Crippen LogP contribution in [-0.2, 0) is 14.3 Å². The lowest BCUT2D eigenvalue weighted by molar-refractivity contribution is -0.123. The maximum Gasteiger partial charge on any atom is 0.340 e. The largest absolute Gasteiger partial charge is 0.452 e. The van der Waals surface area contributed by atoms with E-state index in [0.29, 0.717) is 23.5 Å². The van der Waals surface area contributed by atoms with Gasteiger partial charge in [-0.1, -0.05) is 18.2 Å². The summed E-state index contributed by atoms with van der Waals surface area (Å²) < 4.78 is 5.01. The minimum absolute atomic E-state index is 0.0514. The van der Waals surface area contributed by atoms with Crippen LogP contribution >= 0.6 is 11.3 Å². The molecule has 2 heterocycles. The lowest BCUT2D eigenvalue weighted by Gasteiger charge is -2.18. The van der Waals surface area contributed by atoms with Gasteiger partial charge in [0.15, 0.2) is 6.61 Å². The number of nitrogens with one attached hydrogen (secondary N) is 1. The number of anilines is 1. The van der Waals surface area contributed by atoms with E-state index in [0.717, 1.165) is 6.42 Å². The molecular weight excluding hydrogens is 356 g/mol. The van der Waals surface area contributed by atoms with Crippen LogP contribution in [0.2, 0.25) is 0 Å². The first-order valence-corrected chi connectivity index (χ1v) is 8.88. The predicted octanol–water partition coefficient (Wildman–Crippen LogP) is 1.99. The maximum atomic E-state index is 12.3. The molecule has 3 rings (SSSR count). The van der Waals surface area contributed by atoms with Gasteiger partial charge in [0.25, 0.3) is 11.8 Å². The summed E-state index contributed by atoms with van der Waals surface area (Å²) in [7, 11) is 0. The number of benzene rings is 1. The van der Waals surface area contributed by atoms with Crippen molar-refractivity contribution < 1.29 is 23.9 Å². The van der Waals surface area contributed by atoms with Crippen molar-refractivity contribution in [1.82, 2.24) is 5.32 Å². The number of thiophene rings is 1. The van der Waals surface area contributed by atoms with Gasteiger partial charge in [-0.05, 0) is 30.0 Å². The fourth-order valence-corrected chi connectivity index (χ4v) is 3.24. The van der Waals surface area contributed by atoms with Crippen LogP contribution < -0.4 is 10.2 Å². The van der Waals surface area contributed by atoms with E-state index >= 15 is 0 Å². The van der Waals surface area contributed by atoms with Gasteiger partial charge in [0, 0.05) is 13.0 Å². The lowest BCUT2D eigenvalue weighted by Crippen LogP contribution is -2.34. The van der Waals surface area contributed by atoms with Gasteiger partial charge in [-0.25, -0.2) is 4.79 Å². The first-order valence-electron chi connectivity index (χ1n) is 8.00. The molecule has 1 aliphatic heterocycles. The minimum Gasteiger partial charge on any atom is -0.452 e. The minimum atomic E-state index is -0.723. The number of hydrogen-bond donors (Lipinski definition) is 1. The Hall–Kier alpha value is -3.00. The molecule has 0 unspecified atom stereocenters. The number of amides is 3. The first-order chi connectivity index (χ1) is 12.6. The molecule has 0 radical (unpaired) electrons. The highest BCUT2D eigenvalue weighted by atomic mass is 32.1. The number of ether oxygens (including phenoxy) is 1. The SMILES string of the molecule is O=C(COC(=O)c1ccccc1N1CCCC1=O)NC(=O)c1cccs1. The average Bonchev–Trinajstić information content (AvgIpc) is 3.31. The summed E-state index contributed by atoms with van der Waals surface area (Å²) in [5, 5.41) is 3.87. The van der Waals surface area contributed by atoms with E-state index in [9.17, 15) is 19.2 Å². The van der Waals surface area contributed by atoms with E-state index in [-0.39, 0.29) is 11.5 Å². The third kappa shape index (κ3) is 3.97. The van der Waals surface area contributed by atoms with Gasteiger partial charge in [0.2, 0.25) is 5.91 Å². The van der Waals surface area contributed by atoms with E-state index in [1.807, 2.05) is 0 Å². The summed E-state index contributed by atoms with van der Waals surface area (Å²) >= 11 is 1.20. The van der Waals surface area contributed by atoms with Crippen molar-refractivity contribution in [2.45, 2.75) is 12.8 Å². The van der Waals surface area contributed by atoms with Crippen LogP contribution in [0, 0.1) is 0 Å². The van der Waals surface area contributed by atoms with Crippen molar-refractivity contribution >= 4 is 40.7 Å². The molecule has 1 aromatic carbocycles. The zero-order valence-electron chi connectivity index (χ0n) is 13.8. The van der Waals surface area contributed by atoms with E-state index in [4.69, 9.17) is 4.74 Å². The fraction of sp³-hybridized carbons (Fsp3) is 0.222. The molecule has 0 spiro atoms. The molecule has 3 amide bonds. The number of nitrogens with zero attached hydrogens (tertiary/aromatic N) is 1. The van der Waals surface area contributed by atoms with E-state index in [1.165, 1.54) is 22.3 Å². The second-order valence-corrected chi connectivity index (χ2v) is 6.54. The van der Waals surface area contributed by atoms with Crippen LogP contribution in [0.15, 0.2) is 41.8 Å². The molecule has 0 saturated carbocycles. The van der Waals surface area contributed by atoms with Crippen LogP contribution in [0.1, 0.15) is 32.9 Å². The van der Waals surface area contributed by atoms with Gasteiger partial charge in [0.05, 0.1) is 16.1 Å². The molecule has 7 nitrogen and oxygen atoms in total. The van der Waals surface area contributed by atoms with E-state index in [2.05, 4.69) is 5.32 Å². The highest BCUT2D eigenvalue weighted by Gasteiger charge is 2.26. The molecule has 1 fully saturated rings. The molecule has 0 aliphatic carbocycles. The Morgan fingerprint density at radius 2 is 1.96 bits per heavy atom. The summed E-state index contributed by atoms with van der Waals surface area (Å²) in [5.74, 6) is -2.03. The average molecular weight is 372 g/mol. The predicted molar refractivity (Wildman–Crippen MR) is 95.1 cm³/mol. The van der Waals surface area contributed by atoms with Gasteiger partial charge >= 0.3 is 5.97 Å². The standard InChI is InChI=1S/C18H16N2O5S/c21-15(19-17(23)14-7-4-10-26-14)11-25-18(24)12-5-1-2-6-13(12)20-9-3-8-16(20)22/h1-2,4-7,10H,3,8-9,11H2,(H,19,21,23). The van der Waals surface area contributed by atoms with Gasteiger partial charge in [-0.3, -0.25) is 19.7 Å². The number of carbonyl (C=O) groups excluding carboxylic acids is 4. The number of carbonyl (C=O) groups is 4. The van der Waals surface area contributed by atoms with Crippen molar-refractivity contribution in [1.29, 1.82) is 0 Å². The molecular formula is C18H16N2O5S. The Kier molecular flexibility index (Phi) is 5.43. The van der Waals surface area contributed by atoms with Crippen LogP contribution in [-0.4, -0.2) is 36.8 Å². The zero-order chi connectivity index (χ0) is 18.5. The second-order valence-electron chi connectivity index (χ2n) is 5.60. The number of hydrogen-bond acceptors (Lipinski definition) is 6. The lowest BCUT2D eigenvalue weighted by atomic mass is 10.1. The Morgan fingerprint density at radius 1 is 1.15 bits per heavy atom. The second kappa shape index (κ2) is 7.92. The normalized spacial score (nSPS) is 13.5. The molecule has 0 bridgehead atoms. The van der Waals surface area contributed by atoms with Gasteiger partial charge in [-0.15, -0.1) is 11.3 Å². The highest BCUT2D eigenvalue weighted by molar-refractivity contribution is 7.12. The van der Waals surface area contributed by atoms with E-state index < -0.39 is 24.4 Å². The maximum absolute atomic E-state index is 12.3. The molecule has 1 aliphatic rings. The van der Waals surface area contributed by atoms with Crippen LogP contribution in [0.3, 0.4) is 0 Å². The third-order valence-electron chi connectivity index (χ3n) is 3.82. The number of para-hydroxylation sites is 1. The molecule has 8 heteroatoms. The Bertz CT molecular complexity index is 847. The van der Waals surface area contributed by atoms with Crippen molar-refractivity contribution in [3.05, 3.63) is 52.2 Å². The van der Waals surface area contributed by atoms with Crippen LogP contribution in [0.5, 0.6) is 0 Å². The monoisotopic (exact) mass is 372 g/mol. The summed E-state index contributed by atoms with van der Waals surface area (Å²) in [6.07, 6.45) is 1.17. The molecule has 0 atom stereocenters. The molecule has 1 aromatic heterocycles. The Balaban J connectivity index is 1.61. The van der Waals surface area contributed by atoms with Crippen molar-refractivity contribution in [2.75, 3.05) is 18.1 Å². The van der Waals surface area contributed by atoms with Crippen molar-refractivity contribution in [3.8, 4) is 0 Å². The summed E-state index contributed by atoms with van der Waals surface area (Å²) in [4.78, 5) is 49.8. The fourth-order valence-electron chi connectivity index (χ4n) is 2.63. The third-order valence-corrected chi connectivity index (χ3v) is 4.69. The zero-order valence-corrected chi connectivity index (χ0v) is 14.6. The Morgan fingerprint density at radius 3 is 2.65 bits per heavy atom. The summed E-state index contributed by atoms with van der Waals surface area (Å²) in [5.41, 5.74) is 0.676. The highest BCUT2D eigenvalue weighted by Crippen LogP contribution is 2.25. The number of esters is 1. The molecule has 2 aromatic rings. The number of imide groups is 1. The molecule has 134 valence electrons. The van der Waals surface area contributed by atoms with Gasteiger partial charge in [-0.2, -0.15) is 0 Å². The number of rotatable bonds is 5. The summed E-state index contributed by atoms with van der Waals surface area (Å²) in [6.45, 7) is -0.0445. The topological polar surface area (TPSA) is 92.8 Å². The molecule has 26 heavy (non-hydrogen) atoms. The van der Waals surface area contributed by atoms with Crippen molar-refractivity contribution in [3.63, 3.8) is 0 Å². The van der Waals surface area contributed by atoms with Gasteiger partial charge < -0.3 is 9.64 Å². The molecule has 1 N–H and O–H groups in total. The Labute approximate surface area is 153 Å². The van der Waals surface area contributed by atoms with Crippen molar-refractivity contribution in [2.24, 2.45) is 0 Å².